The lowest BCUT2D eigenvalue weighted by molar-refractivity contribution is -0.200. The molecule has 3 aromatic carbocycles. The highest BCUT2D eigenvalue weighted by Crippen LogP contribution is 2.46. The molecular formula is C43H55N4O10P. The second kappa shape index (κ2) is 23.8. The van der Waals surface area contributed by atoms with E-state index in [-0.39, 0.29) is 62.4 Å². The summed E-state index contributed by atoms with van der Waals surface area (Å²) in [7, 11) is -3.55. The number of unbranched alkanes of at least 4 members (excludes halogenated alkanes) is 2. The van der Waals surface area contributed by atoms with Crippen molar-refractivity contribution in [1.82, 2.24) is 21.0 Å². The molecule has 0 aliphatic heterocycles. The van der Waals surface area contributed by atoms with Gasteiger partial charge in [-0.25, -0.2) is 5.06 Å². The van der Waals surface area contributed by atoms with Crippen LogP contribution in [0.3, 0.4) is 0 Å². The van der Waals surface area contributed by atoms with Crippen molar-refractivity contribution in [1.29, 1.82) is 0 Å². The van der Waals surface area contributed by atoms with Crippen LogP contribution in [0.5, 0.6) is 5.75 Å². The van der Waals surface area contributed by atoms with E-state index in [1.165, 1.54) is 11.1 Å². The molecule has 0 radical (unpaired) electrons. The smallest absolute Gasteiger partial charge is 0.349 e. The second-order valence-electron chi connectivity index (χ2n) is 13.3. The summed E-state index contributed by atoms with van der Waals surface area (Å²) >= 11 is 0. The number of ether oxygens (including phenoxy) is 1. The Morgan fingerprint density at radius 3 is 2.09 bits per heavy atom. The van der Waals surface area contributed by atoms with Gasteiger partial charge in [-0.3, -0.25) is 28.6 Å². The molecule has 2 unspecified atom stereocenters. The third-order valence-corrected chi connectivity index (χ3v) is 11.0. The van der Waals surface area contributed by atoms with Gasteiger partial charge in [0.1, 0.15) is 31.0 Å². The molecule has 312 valence electrons. The molecule has 0 spiro atoms. The van der Waals surface area contributed by atoms with Crippen LogP contribution in [0.1, 0.15) is 91.8 Å². The molecule has 0 saturated heterocycles. The van der Waals surface area contributed by atoms with Gasteiger partial charge in [0.15, 0.2) is 5.76 Å². The topological polar surface area (TPSA) is 175 Å². The summed E-state index contributed by atoms with van der Waals surface area (Å²) in [5.41, 5.74) is 2.46. The molecule has 15 heteroatoms. The van der Waals surface area contributed by atoms with Crippen LogP contribution < -0.4 is 20.7 Å². The Morgan fingerprint density at radius 1 is 0.793 bits per heavy atom. The zero-order chi connectivity index (χ0) is 41.8. The summed E-state index contributed by atoms with van der Waals surface area (Å²) in [6.07, 6.45) is 3.96. The van der Waals surface area contributed by atoms with Crippen molar-refractivity contribution in [3.05, 3.63) is 113 Å². The number of hydrogen-bond acceptors (Lipinski definition) is 10. The zero-order valence-electron chi connectivity index (χ0n) is 33.6. The van der Waals surface area contributed by atoms with Crippen LogP contribution in [0.15, 0.2) is 95.4 Å². The predicted molar refractivity (Wildman–Crippen MR) is 219 cm³/mol. The molecule has 4 amide bonds. The van der Waals surface area contributed by atoms with Gasteiger partial charge in [0, 0.05) is 5.56 Å². The standard InChI is InChI=1S/C43H55N4O10P/c1-5-9-12-21-35(37(6-2)47(31-48)54-28-33-19-15-11-16-20-33)41(49)44-29-45-43(51)39-25-24-38(57-39)34-22-23-36(40(26-34)53-27-32-17-13-10-14-18-32)42(50)46-30-58(52,55-7-3)56-8-4/h10-11,13-20,22-26,31,35,37H,5-9,12,21,27-30H2,1-4H3,(H,44,49)(H,45,51)(H,46,50). The number of carbonyl (C=O) groups is 4. The highest BCUT2D eigenvalue weighted by Gasteiger charge is 2.32. The van der Waals surface area contributed by atoms with E-state index in [0.29, 0.717) is 30.6 Å². The van der Waals surface area contributed by atoms with Crippen LogP contribution in [-0.2, 0) is 41.3 Å². The van der Waals surface area contributed by atoms with Crippen molar-refractivity contribution in [2.75, 3.05) is 26.2 Å². The monoisotopic (exact) mass is 818 g/mol. The number of nitrogens with one attached hydrogen (secondary N) is 3. The maximum atomic E-state index is 13.6. The average Bonchev–Trinajstić information content (AvgIpc) is 3.74. The predicted octanol–water partition coefficient (Wildman–Crippen LogP) is 7.85. The molecule has 4 rings (SSSR count). The van der Waals surface area contributed by atoms with E-state index in [9.17, 15) is 23.7 Å². The van der Waals surface area contributed by atoms with Crippen molar-refractivity contribution in [2.45, 2.75) is 79.1 Å². The molecule has 2 atom stereocenters. The Hall–Kier alpha value is -5.27. The summed E-state index contributed by atoms with van der Waals surface area (Å²) < 4.78 is 35.6. The normalized spacial score (nSPS) is 12.3. The van der Waals surface area contributed by atoms with Crippen molar-refractivity contribution >= 4 is 31.7 Å². The zero-order valence-corrected chi connectivity index (χ0v) is 34.5. The Balaban J connectivity index is 1.43. The van der Waals surface area contributed by atoms with Gasteiger partial charge in [-0.15, -0.1) is 0 Å². The fourth-order valence-corrected chi connectivity index (χ4v) is 7.61. The first-order valence-electron chi connectivity index (χ1n) is 19.7. The van der Waals surface area contributed by atoms with Crippen molar-refractivity contribution < 1.29 is 46.8 Å². The van der Waals surface area contributed by atoms with Crippen LogP contribution in [0.4, 0.5) is 0 Å². The number of carbonyl (C=O) groups excluding carboxylic acids is 4. The Labute approximate surface area is 340 Å². The fraction of sp³-hybridized carbons (Fsp3) is 0.395. The lowest BCUT2D eigenvalue weighted by Gasteiger charge is -2.32. The number of furan rings is 1. The molecule has 0 fully saturated rings. The quantitative estimate of drug-likeness (QED) is 0.0186. The van der Waals surface area contributed by atoms with Crippen LogP contribution >= 0.6 is 7.60 Å². The highest BCUT2D eigenvalue weighted by atomic mass is 31.2. The Kier molecular flexibility index (Phi) is 18.7. The number of benzene rings is 3. The Morgan fingerprint density at radius 2 is 1.47 bits per heavy atom. The minimum atomic E-state index is -3.55. The fourth-order valence-electron chi connectivity index (χ4n) is 6.23. The third-order valence-electron chi connectivity index (χ3n) is 9.17. The lowest BCUT2D eigenvalue weighted by atomic mass is 9.90. The molecular weight excluding hydrogens is 763 g/mol. The van der Waals surface area contributed by atoms with E-state index >= 15 is 0 Å². The van der Waals surface area contributed by atoms with E-state index in [1.807, 2.05) is 67.6 Å². The van der Waals surface area contributed by atoms with E-state index in [4.69, 9.17) is 23.0 Å². The highest BCUT2D eigenvalue weighted by molar-refractivity contribution is 7.53. The van der Waals surface area contributed by atoms with Gasteiger partial charge >= 0.3 is 7.60 Å². The van der Waals surface area contributed by atoms with Crippen LogP contribution in [0.2, 0.25) is 0 Å². The first-order chi connectivity index (χ1) is 28.1. The Bertz CT molecular complexity index is 1930. The number of hydrogen-bond donors (Lipinski definition) is 3. The molecule has 14 nitrogen and oxygen atoms in total. The molecule has 0 bridgehead atoms. The number of rotatable bonds is 26. The van der Waals surface area contributed by atoms with Gasteiger partial charge in [-0.05, 0) is 62.1 Å². The molecule has 1 heterocycles. The van der Waals surface area contributed by atoms with Crippen molar-refractivity contribution in [3.8, 4) is 17.1 Å². The average molecular weight is 819 g/mol. The first kappa shape index (κ1) is 45.4. The van der Waals surface area contributed by atoms with Crippen LogP contribution in [0, 0.1) is 5.92 Å². The van der Waals surface area contributed by atoms with Gasteiger partial charge < -0.3 is 34.2 Å². The van der Waals surface area contributed by atoms with E-state index in [0.717, 1.165) is 30.4 Å². The van der Waals surface area contributed by atoms with Crippen molar-refractivity contribution in [2.24, 2.45) is 5.92 Å². The SMILES string of the molecule is CCCCCC(C(=O)NCNC(=O)c1ccc(-c2ccc(C(=O)NCP(=O)(OCC)OCC)c(OCc3ccccc3)c2)o1)C(CC)N(C=O)OCc1ccccc1. The molecule has 0 saturated carbocycles. The number of amides is 4. The minimum Gasteiger partial charge on any atom is -0.488 e. The van der Waals surface area contributed by atoms with E-state index in [2.05, 4.69) is 22.9 Å². The van der Waals surface area contributed by atoms with Crippen molar-refractivity contribution in [3.63, 3.8) is 0 Å². The first-order valence-corrected chi connectivity index (χ1v) is 21.4. The van der Waals surface area contributed by atoms with Gasteiger partial charge in [0.2, 0.25) is 12.3 Å². The molecule has 3 N–H and O–H groups in total. The lowest BCUT2D eigenvalue weighted by Crippen LogP contribution is -2.48. The third kappa shape index (κ3) is 13.7. The maximum Gasteiger partial charge on any atom is 0.349 e. The van der Waals surface area contributed by atoms with Gasteiger partial charge in [-0.1, -0.05) is 99.8 Å². The van der Waals surface area contributed by atoms with Gasteiger partial charge in [0.25, 0.3) is 11.8 Å². The molecule has 0 aliphatic carbocycles. The summed E-state index contributed by atoms with van der Waals surface area (Å²) in [5.74, 6) is -1.46. The molecule has 1 aromatic heterocycles. The van der Waals surface area contributed by atoms with E-state index < -0.39 is 31.4 Å². The molecule has 0 aliphatic rings. The van der Waals surface area contributed by atoms with E-state index in [1.54, 1.807) is 38.1 Å². The summed E-state index contributed by atoms with van der Waals surface area (Å²) in [5, 5.41) is 9.35. The molecule has 58 heavy (non-hydrogen) atoms. The summed E-state index contributed by atoms with van der Waals surface area (Å²) in [6.45, 7) is 7.80. The summed E-state index contributed by atoms with van der Waals surface area (Å²) in [6, 6.07) is 26.3. The van der Waals surface area contributed by atoms with Crippen LogP contribution in [0.25, 0.3) is 11.3 Å². The largest absolute Gasteiger partial charge is 0.488 e. The number of hydroxylamine groups is 2. The minimum absolute atomic E-state index is 0.00667. The maximum absolute atomic E-state index is 13.6. The second-order valence-corrected chi connectivity index (χ2v) is 15.3. The summed E-state index contributed by atoms with van der Waals surface area (Å²) in [4.78, 5) is 58.2. The van der Waals surface area contributed by atoms with Gasteiger partial charge in [-0.2, -0.15) is 0 Å². The number of nitrogens with zero attached hydrogens (tertiary/aromatic N) is 1. The van der Waals surface area contributed by atoms with Crippen LogP contribution in [-0.4, -0.2) is 61.4 Å². The van der Waals surface area contributed by atoms with Gasteiger partial charge in [0.05, 0.1) is 37.4 Å². The molecule has 4 aromatic rings.